The van der Waals surface area contributed by atoms with Crippen LogP contribution in [-0.4, -0.2) is 70.4 Å². The third kappa shape index (κ3) is 4.45. The van der Waals surface area contributed by atoms with E-state index in [4.69, 9.17) is 4.74 Å². The van der Waals surface area contributed by atoms with Gasteiger partial charge in [0.1, 0.15) is 5.75 Å². The molecular weight excluding hydrogens is 414 g/mol. The summed E-state index contributed by atoms with van der Waals surface area (Å²) in [4.78, 5) is 19.6. The molecule has 0 unspecified atom stereocenters. The molecule has 8 heteroatoms. The van der Waals surface area contributed by atoms with Crippen LogP contribution in [0.25, 0.3) is 22.2 Å². The van der Waals surface area contributed by atoms with Crippen LogP contribution in [0.1, 0.15) is 6.42 Å². The minimum Gasteiger partial charge on any atom is -0.383 e. The van der Waals surface area contributed by atoms with Gasteiger partial charge in [-0.05, 0) is 36.8 Å². The van der Waals surface area contributed by atoms with Crippen molar-refractivity contribution in [2.75, 3.05) is 51.1 Å². The zero-order valence-electron chi connectivity index (χ0n) is 17.8. The highest BCUT2D eigenvalue weighted by molar-refractivity contribution is 7.92. The van der Waals surface area contributed by atoms with E-state index in [1.807, 2.05) is 36.4 Å². The van der Waals surface area contributed by atoms with E-state index in [1.165, 1.54) is 4.90 Å². The molecule has 1 aromatic heterocycles. The van der Waals surface area contributed by atoms with Gasteiger partial charge in [-0.25, -0.2) is 8.42 Å². The monoisotopic (exact) mass is 441 g/mol. The Bertz CT molecular complexity index is 1170. The number of sulfone groups is 1. The van der Waals surface area contributed by atoms with Crippen molar-refractivity contribution in [1.29, 1.82) is 0 Å². The second-order valence-electron chi connectivity index (χ2n) is 7.86. The number of ether oxygens (including phenoxy) is 1. The molecule has 31 heavy (non-hydrogen) atoms. The smallest absolute Gasteiger partial charge is 0.237 e. The third-order valence-electron chi connectivity index (χ3n) is 5.71. The molecule has 0 spiro atoms. The van der Waals surface area contributed by atoms with Gasteiger partial charge in [0.15, 0.2) is 9.84 Å². The number of rotatable bonds is 8. The first-order valence-corrected chi connectivity index (χ1v) is 12.0. The van der Waals surface area contributed by atoms with Crippen LogP contribution in [0, 0.1) is 0 Å². The first-order chi connectivity index (χ1) is 14.9. The molecule has 0 aliphatic carbocycles. The fourth-order valence-corrected chi connectivity index (χ4v) is 4.97. The van der Waals surface area contributed by atoms with Crippen LogP contribution < -0.4 is 4.90 Å². The molecule has 2 heterocycles. The summed E-state index contributed by atoms with van der Waals surface area (Å²) in [7, 11) is -0.661. The molecule has 0 saturated carbocycles. The molecule has 1 aliphatic rings. The van der Waals surface area contributed by atoms with Gasteiger partial charge < -0.3 is 19.5 Å². The van der Waals surface area contributed by atoms with Gasteiger partial charge in [-0.1, -0.05) is 18.2 Å². The van der Waals surface area contributed by atoms with Gasteiger partial charge in [0.2, 0.25) is 5.91 Å². The number of para-hydroxylation sites is 1. The molecule has 0 radical (unpaired) electrons. The van der Waals surface area contributed by atoms with Crippen molar-refractivity contribution < 1.29 is 17.9 Å². The predicted molar refractivity (Wildman–Crippen MR) is 122 cm³/mol. The molecule has 4 rings (SSSR count). The number of aromatic amines is 1. The Kier molecular flexibility index (Phi) is 6.02. The van der Waals surface area contributed by atoms with Gasteiger partial charge in [-0.15, -0.1) is 0 Å². The van der Waals surface area contributed by atoms with Crippen molar-refractivity contribution in [3.05, 3.63) is 48.5 Å². The molecule has 164 valence electrons. The van der Waals surface area contributed by atoms with Gasteiger partial charge in [-0.2, -0.15) is 0 Å². The number of nitrogens with one attached hydrogen (secondary N) is 1. The van der Waals surface area contributed by atoms with E-state index >= 15 is 0 Å². The topological polar surface area (TPSA) is 82.7 Å². The van der Waals surface area contributed by atoms with Crippen LogP contribution in [0.2, 0.25) is 0 Å². The first kappa shape index (κ1) is 21.4. The summed E-state index contributed by atoms with van der Waals surface area (Å²) in [5, 5.41) is 1.07. The first-order valence-electron chi connectivity index (χ1n) is 10.3. The van der Waals surface area contributed by atoms with E-state index in [0.29, 0.717) is 13.2 Å². The van der Waals surface area contributed by atoms with Crippen LogP contribution in [0.3, 0.4) is 0 Å². The summed E-state index contributed by atoms with van der Waals surface area (Å²) in [6.45, 7) is 2.60. The third-order valence-corrected chi connectivity index (χ3v) is 7.31. The molecule has 0 atom stereocenters. The maximum Gasteiger partial charge on any atom is 0.237 e. The number of likely N-dealkylation sites (N-methyl/N-ethyl adjacent to an activating group) is 1. The predicted octanol–water partition coefficient (Wildman–Crippen LogP) is 2.92. The van der Waals surface area contributed by atoms with Crippen LogP contribution in [0.4, 0.5) is 5.69 Å². The summed E-state index contributed by atoms with van der Waals surface area (Å²) < 4.78 is 31.0. The zero-order valence-corrected chi connectivity index (χ0v) is 18.6. The Labute approximate surface area is 182 Å². The lowest BCUT2D eigenvalue weighted by Gasteiger charge is -2.34. The van der Waals surface area contributed by atoms with E-state index in [1.54, 1.807) is 26.3 Å². The molecule has 1 amide bonds. The Morgan fingerprint density at radius 3 is 2.61 bits per heavy atom. The highest BCUT2D eigenvalue weighted by Crippen LogP contribution is 2.36. The number of aromatic nitrogens is 1. The van der Waals surface area contributed by atoms with Crippen LogP contribution >= 0.6 is 0 Å². The van der Waals surface area contributed by atoms with E-state index in [0.717, 1.165) is 47.4 Å². The SMILES string of the molecule is COCCN(C)C(=O)CS(=O)(=O)c1ccc(N2CCC2)c(-c2cc3ccccc3[nH]2)c1. The van der Waals surface area contributed by atoms with E-state index in [9.17, 15) is 13.2 Å². The second kappa shape index (κ2) is 8.72. The number of fused-ring (bicyclic) bond motifs is 1. The summed E-state index contributed by atoms with van der Waals surface area (Å²) in [6.07, 6.45) is 1.12. The van der Waals surface area contributed by atoms with Crippen molar-refractivity contribution >= 4 is 32.3 Å². The number of benzene rings is 2. The number of hydrogen-bond acceptors (Lipinski definition) is 5. The number of amides is 1. The number of hydrogen-bond donors (Lipinski definition) is 1. The summed E-state index contributed by atoms with van der Waals surface area (Å²) in [5.41, 5.74) is 3.69. The van der Waals surface area contributed by atoms with Crippen molar-refractivity contribution in [2.24, 2.45) is 0 Å². The van der Waals surface area contributed by atoms with Gasteiger partial charge in [0.25, 0.3) is 0 Å². The van der Waals surface area contributed by atoms with E-state index < -0.39 is 21.5 Å². The summed E-state index contributed by atoms with van der Waals surface area (Å²) in [6, 6.07) is 15.1. The normalized spacial score (nSPS) is 13.9. The lowest BCUT2D eigenvalue weighted by Crippen LogP contribution is -2.37. The lowest BCUT2D eigenvalue weighted by molar-refractivity contribution is -0.127. The molecule has 0 bridgehead atoms. The van der Waals surface area contributed by atoms with Crippen molar-refractivity contribution in [1.82, 2.24) is 9.88 Å². The highest BCUT2D eigenvalue weighted by atomic mass is 32.2. The van der Waals surface area contributed by atoms with Gasteiger partial charge in [-0.3, -0.25) is 4.79 Å². The van der Waals surface area contributed by atoms with Crippen molar-refractivity contribution in [2.45, 2.75) is 11.3 Å². The van der Waals surface area contributed by atoms with Crippen molar-refractivity contribution in [3.63, 3.8) is 0 Å². The molecule has 1 saturated heterocycles. The second-order valence-corrected chi connectivity index (χ2v) is 9.85. The number of methoxy groups -OCH3 is 1. The average molecular weight is 442 g/mol. The van der Waals surface area contributed by atoms with Crippen molar-refractivity contribution in [3.8, 4) is 11.3 Å². The Morgan fingerprint density at radius 1 is 1.16 bits per heavy atom. The van der Waals surface area contributed by atoms with Crippen LogP contribution in [0.15, 0.2) is 53.4 Å². The molecule has 2 aromatic carbocycles. The number of carbonyl (C=O) groups is 1. The van der Waals surface area contributed by atoms with E-state index in [2.05, 4.69) is 9.88 Å². The molecule has 1 aliphatic heterocycles. The maximum absolute atomic E-state index is 13.0. The minimum atomic E-state index is -3.79. The van der Waals surface area contributed by atoms with Gasteiger partial charge >= 0.3 is 0 Å². The maximum atomic E-state index is 13.0. The standard InChI is InChI=1S/C23H27N3O4S/c1-25(12-13-30-2)23(27)16-31(28,29)18-8-9-22(26-10-5-11-26)19(15-18)21-14-17-6-3-4-7-20(17)24-21/h3-4,6-9,14-15,24H,5,10-13,16H2,1-2H3. The molecule has 1 N–H and O–H groups in total. The largest absolute Gasteiger partial charge is 0.383 e. The molecule has 7 nitrogen and oxygen atoms in total. The van der Waals surface area contributed by atoms with Crippen LogP contribution in [-0.2, 0) is 19.4 Å². The molecular formula is C23H27N3O4S. The number of H-pyrrole nitrogens is 1. The summed E-state index contributed by atoms with van der Waals surface area (Å²) >= 11 is 0. The minimum absolute atomic E-state index is 0.152. The zero-order chi connectivity index (χ0) is 22.0. The Hall–Kier alpha value is -2.84. The Morgan fingerprint density at radius 2 is 1.94 bits per heavy atom. The fraction of sp³-hybridized carbons (Fsp3) is 0.348. The van der Waals surface area contributed by atoms with Gasteiger partial charge in [0, 0.05) is 61.6 Å². The summed E-state index contributed by atoms with van der Waals surface area (Å²) in [5.74, 6) is -1.02. The van der Waals surface area contributed by atoms with Crippen LogP contribution in [0.5, 0.6) is 0 Å². The number of anilines is 1. The fourth-order valence-electron chi connectivity index (χ4n) is 3.68. The van der Waals surface area contributed by atoms with E-state index in [-0.39, 0.29) is 4.90 Å². The number of carbonyl (C=O) groups excluding carboxylic acids is 1. The lowest BCUT2D eigenvalue weighted by atomic mass is 10.1. The molecule has 1 fully saturated rings. The van der Waals surface area contributed by atoms with Gasteiger partial charge in [0.05, 0.1) is 11.5 Å². The molecule has 3 aromatic rings. The quantitative estimate of drug-likeness (QED) is 0.581. The average Bonchev–Trinajstić information content (AvgIpc) is 3.14. The Balaban J connectivity index is 1.69. The highest BCUT2D eigenvalue weighted by Gasteiger charge is 2.25. The number of nitrogens with zero attached hydrogens (tertiary/aromatic N) is 2.